The van der Waals surface area contributed by atoms with Crippen molar-refractivity contribution in [3.8, 4) is 11.5 Å². The van der Waals surface area contributed by atoms with Gasteiger partial charge in [0.2, 0.25) is 5.78 Å². The van der Waals surface area contributed by atoms with Crippen LogP contribution in [0.4, 0.5) is 0 Å². The molecule has 122 valence electrons. The third-order valence-electron chi connectivity index (χ3n) is 3.21. The van der Waals surface area contributed by atoms with Crippen molar-refractivity contribution in [1.29, 1.82) is 0 Å². The van der Waals surface area contributed by atoms with Crippen molar-refractivity contribution in [3.63, 3.8) is 0 Å². The minimum Gasteiger partial charge on any atom is -0.504 e. The second kappa shape index (κ2) is 6.59. The van der Waals surface area contributed by atoms with Crippen LogP contribution >= 0.6 is 11.3 Å². The van der Waals surface area contributed by atoms with E-state index in [9.17, 15) is 14.7 Å². The Morgan fingerprint density at radius 3 is 2.88 bits per heavy atom. The Morgan fingerprint density at radius 1 is 1.38 bits per heavy atom. The molecule has 2 heterocycles. The molecule has 0 fully saturated rings. The number of aromatic nitrogens is 1. The molecule has 0 saturated carbocycles. The van der Waals surface area contributed by atoms with E-state index >= 15 is 0 Å². The summed E-state index contributed by atoms with van der Waals surface area (Å²) in [5.74, 6) is 0.213. The number of carbonyl (C=O) groups excluding carboxylic acids is 1. The van der Waals surface area contributed by atoms with Crippen LogP contribution in [0.15, 0.2) is 45.8 Å². The van der Waals surface area contributed by atoms with Crippen LogP contribution in [0, 0.1) is 0 Å². The molecule has 1 aromatic carbocycles. The maximum Gasteiger partial charge on any atom is 0.266 e. The van der Waals surface area contributed by atoms with E-state index in [0.717, 1.165) is 11.3 Å². The Morgan fingerprint density at radius 2 is 2.21 bits per heavy atom. The fourth-order valence-electron chi connectivity index (χ4n) is 2.08. The lowest BCUT2D eigenvalue weighted by molar-refractivity contribution is 0.103. The number of rotatable bonds is 4. The number of benzene rings is 1. The minimum absolute atomic E-state index is 0.0148. The Labute approximate surface area is 140 Å². The summed E-state index contributed by atoms with van der Waals surface area (Å²) in [6.07, 6.45) is 4.35. The van der Waals surface area contributed by atoms with Gasteiger partial charge in [0.25, 0.3) is 5.56 Å². The number of thiazole rings is 1. The smallest absolute Gasteiger partial charge is 0.266 e. The first-order valence-electron chi connectivity index (χ1n) is 6.94. The number of carbonyl (C=O) groups is 1. The normalized spacial score (nSPS) is 12.5. The molecule has 0 atom stereocenters. The summed E-state index contributed by atoms with van der Waals surface area (Å²) in [7, 11) is 1.46. The molecule has 0 aliphatic rings. The average Bonchev–Trinajstić information content (AvgIpc) is 3.18. The SMILES string of the molecule is COc1ccc(/C=c2/s/c(=C\C(=O)c3ccco3)[nH]c2=O)cc1O. The van der Waals surface area contributed by atoms with Crippen molar-refractivity contribution in [2.75, 3.05) is 7.11 Å². The van der Waals surface area contributed by atoms with Crippen LogP contribution < -0.4 is 19.5 Å². The highest BCUT2D eigenvalue weighted by Crippen LogP contribution is 2.26. The highest BCUT2D eigenvalue weighted by molar-refractivity contribution is 7.07. The van der Waals surface area contributed by atoms with Crippen molar-refractivity contribution in [3.05, 3.63) is 67.5 Å². The van der Waals surface area contributed by atoms with Crippen molar-refractivity contribution >= 4 is 29.3 Å². The van der Waals surface area contributed by atoms with Gasteiger partial charge >= 0.3 is 0 Å². The van der Waals surface area contributed by atoms with Crippen LogP contribution in [0.25, 0.3) is 12.2 Å². The van der Waals surface area contributed by atoms with E-state index in [4.69, 9.17) is 9.15 Å². The number of phenolic OH excluding ortho intramolecular Hbond substituents is 1. The minimum atomic E-state index is -0.328. The monoisotopic (exact) mass is 343 g/mol. The summed E-state index contributed by atoms with van der Waals surface area (Å²) < 4.78 is 10.8. The zero-order valence-corrected chi connectivity index (χ0v) is 13.4. The van der Waals surface area contributed by atoms with E-state index in [1.807, 2.05) is 0 Å². The van der Waals surface area contributed by atoms with Crippen LogP contribution in [0.2, 0.25) is 0 Å². The van der Waals surface area contributed by atoms with Gasteiger partial charge in [0, 0.05) is 6.08 Å². The number of hydrogen-bond donors (Lipinski definition) is 2. The largest absolute Gasteiger partial charge is 0.504 e. The van der Waals surface area contributed by atoms with Crippen molar-refractivity contribution in [2.45, 2.75) is 0 Å². The number of Topliss-reactive ketones (excluding diaryl/α,β-unsaturated/α-hetero) is 1. The summed E-state index contributed by atoms with van der Waals surface area (Å²) >= 11 is 1.14. The predicted molar refractivity (Wildman–Crippen MR) is 89.9 cm³/mol. The van der Waals surface area contributed by atoms with Gasteiger partial charge in [0.15, 0.2) is 17.3 Å². The molecule has 6 nitrogen and oxygen atoms in total. The second-order valence-corrected chi connectivity index (χ2v) is 5.93. The van der Waals surface area contributed by atoms with Crippen LogP contribution in [-0.2, 0) is 0 Å². The lowest BCUT2D eigenvalue weighted by atomic mass is 10.2. The molecule has 0 bridgehead atoms. The number of hydrogen-bond acceptors (Lipinski definition) is 6. The number of ether oxygens (including phenoxy) is 1. The number of nitrogens with one attached hydrogen (secondary N) is 1. The lowest BCUT2D eigenvalue weighted by Gasteiger charge is -2.02. The van der Waals surface area contributed by atoms with Crippen LogP contribution in [0.3, 0.4) is 0 Å². The quantitative estimate of drug-likeness (QED) is 0.695. The van der Waals surface area contributed by atoms with Crippen LogP contribution in [0.5, 0.6) is 11.5 Å². The van der Waals surface area contributed by atoms with E-state index in [2.05, 4.69) is 4.98 Å². The number of aromatic hydroxyl groups is 1. The standard InChI is InChI=1S/C17H13NO5S/c1-22-13-5-4-10(7-11(13)19)8-15-17(21)18-16(24-15)9-12(20)14-3-2-6-23-14/h2-9,19H,1H3,(H,18,21)/b15-8+,16-9-. The van der Waals surface area contributed by atoms with Gasteiger partial charge in [0.05, 0.1) is 22.6 Å². The number of ketones is 1. The van der Waals surface area contributed by atoms with Gasteiger partial charge < -0.3 is 19.2 Å². The Balaban J connectivity index is 1.98. The number of H-pyrrole nitrogens is 1. The first-order chi connectivity index (χ1) is 11.6. The fraction of sp³-hybridized carbons (Fsp3) is 0.0588. The van der Waals surface area contributed by atoms with Gasteiger partial charge in [-0.2, -0.15) is 0 Å². The third-order valence-corrected chi connectivity index (χ3v) is 4.17. The van der Waals surface area contributed by atoms with Crippen LogP contribution in [-0.4, -0.2) is 23.0 Å². The topological polar surface area (TPSA) is 92.5 Å². The zero-order chi connectivity index (χ0) is 17.1. The van der Waals surface area contributed by atoms with E-state index in [0.29, 0.717) is 20.5 Å². The molecule has 0 amide bonds. The third kappa shape index (κ3) is 3.31. The summed E-state index contributed by atoms with van der Waals surface area (Å²) in [6.45, 7) is 0. The zero-order valence-electron chi connectivity index (χ0n) is 12.6. The number of phenols is 1. The van der Waals surface area contributed by atoms with E-state index in [-0.39, 0.29) is 22.9 Å². The van der Waals surface area contributed by atoms with Gasteiger partial charge in [-0.1, -0.05) is 6.07 Å². The van der Waals surface area contributed by atoms with Crippen molar-refractivity contribution in [1.82, 2.24) is 4.98 Å². The summed E-state index contributed by atoms with van der Waals surface area (Å²) in [6, 6.07) is 7.99. The van der Waals surface area contributed by atoms with Gasteiger partial charge in [-0.3, -0.25) is 9.59 Å². The van der Waals surface area contributed by atoms with Gasteiger partial charge in [-0.25, -0.2) is 0 Å². The molecular weight excluding hydrogens is 330 g/mol. The number of methoxy groups -OCH3 is 1. The van der Waals surface area contributed by atoms with E-state index in [1.165, 1.54) is 25.5 Å². The van der Waals surface area contributed by atoms with E-state index in [1.54, 1.807) is 30.3 Å². The molecule has 0 aliphatic heterocycles. The highest BCUT2D eigenvalue weighted by Gasteiger charge is 2.06. The molecule has 3 aromatic rings. The molecule has 7 heteroatoms. The van der Waals surface area contributed by atoms with Crippen molar-refractivity contribution in [2.24, 2.45) is 0 Å². The predicted octanol–water partition coefficient (Wildman–Crippen LogP) is 1.24. The molecular formula is C17H13NO5S. The van der Waals surface area contributed by atoms with Crippen molar-refractivity contribution < 1.29 is 19.1 Å². The van der Waals surface area contributed by atoms with E-state index < -0.39 is 0 Å². The lowest BCUT2D eigenvalue weighted by Crippen LogP contribution is -2.19. The second-order valence-electron chi connectivity index (χ2n) is 4.85. The summed E-state index contributed by atoms with van der Waals surface area (Å²) in [5.41, 5.74) is 0.332. The molecule has 0 radical (unpaired) electrons. The van der Waals surface area contributed by atoms with Gasteiger partial charge in [-0.05, 0) is 35.9 Å². The van der Waals surface area contributed by atoms with Crippen LogP contribution in [0.1, 0.15) is 16.1 Å². The van der Waals surface area contributed by atoms with Gasteiger partial charge in [0.1, 0.15) is 0 Å². The van der Waals surface area contributed by atoms with Gasteiger partial charge in [-0.15, -0.1) is 11.3 Å². The Kier molecular flexibility index (Phi) is 4.35. The average molecular weight is 343 g/mol. The molecule has 2 N–H and O–H groups in total. The summed E-state index contributed by atoms with van der Waals surface area (Å²) in [5, 5.41) is 9.78. The first kappa shape index (κ1) is 15.8. The molecule has 0 unspecified atom stereocenters. The first-order valence-corrected chi connectivity index (χ1v) is 7.76. The Hall–Kier alpha value is -3.06. The molecule has 2 aromatic heterocycles. The maximum atomic E-state index is 12.0. The summed E-state index contributed by atoms with van der Waals surface area (Å²) in [4.78, 5) is 26.6. The molecule has 3 rings (SSSR count). The fourth-order valence-corrected chi connectivity index (χ4v) is 2.97. The molecule has 0 saturated heterocycles. The molecule has 24 heavy (non-hydrogen) atoms. The highest BCUT2D eigenvalue weighted by atomic mass is 32.1. The number of aromatic amines is 1. The Bertz CT molecular complexity index is 1040. The maximum absolute atomic E-state index is 12.0. The molecule has 0 aliphatic carbocycles. The molecule has 0 spiro atoms. The number of furan rings is 1.